The number of nitrogens with one attached hydrogen (secondary N) is 1. The van der Waals surface area contributed by atoms with Crippen LogP contribution in [0.15, 0.2) is 60.7 Å². The molecule has 2 fully saturated rings. The lowest BCUT2D eigenvalue weighted by atomic mass is 9.82. The lowest BCUT2D eigenvalue weighted by Crippen LogP contribution is -2.67. The Morgan fingerprint density at radius 3 is 2.08 bits per heavy atom. The SMILES string of the molecule is CC(C)(C)OC(=O)NCC[C@H](CO[Si](c1ccccc1)(c1ccccc1)C(C)(C)C)N1C[C@H]2CCCC[C@H]2C1=S. The highest BCUT2D eigenvalue weighted by Crippen LogP contribution is 2.40. The second kappa shape index (κ2) is 12.7. The molecule has 0 unspecified atom stereocenters. The molecule has 1 heterocycles. The number of nitrogens with zero attached hydrogens (tertiary/aromatic N) is 1. The highest BCUT2D eigenvalue weighted by atomic mass is 32.1. The van der Waals surface area contributed by atoms with Crippen LogP contribution in [-0.4, -0.2) is 55.6 Å². The minimum Gasteiger partial charge on any atom is -0.444 e. The summed E-state index contributed by atoms with van der Waals surface area (Å²) in [6.07, 6.45) is 5.37. The van der Waals surface area contributed by atoms with Gasteiger partial charge in [-0.15, -0.1) is 0 Å². The van der Waals surface area contributed by atoms with E-state index in [1.807, 2.05) is 20.8 Å². The molecule has 1 amide bonds. The van der Waals surface area contributed by atoms with Crippen LogP contribution in [0.3, 0.4) is 0 Å². The standard InChI is InChI=1S/C33H48N2O3SSi/c1-32(2,3)38-31(36)34-22-21-26(35-23-25-15-13-14-20-29(25)30(35)39)24-37-40(33(4,5)6,27-16-9-7-10-17-27)28-18-11-8-12-19-28/h7-12,16-19,25-26,29H,13-15,20-24H2,1-6H3,(H,34,36)/t25-,26-,29-/m1/s1. The summed E-state index contributed by atoms with van der Waals surface area (Å²) in [7, 11) is -2.70. The van der Waals surface area contributed by atoms with Crippen LogP contribution in [0.5, 0.6) is 0 Å². The number of benzene rings is 2. The third-order valence-corrected chi connectivity index (χ3v) is 14.0. The van der Waals surface area contributed by atoms with Crippen molar-refractivity contribution in [2.24, 2.45) is 11.8 Å². The molecule has 2 aliphatic rings. The van der Waals surface area contributed by atoms with E-state index in [0.717, 1.165) is 18.0 Å². The van der Waals surface area contributed by atoms with Crippen molar-refractivity contribution in [3.63, 3.8) is 0 Å². The molecular weight excluding hydrogens is 533 g/mol. The first-order valence-corrected chi connectivity index (χ1v) is 17.3. The molecule has 40 heavy (non-hydrogen) atoms. The molecule has 2 aromatic rings. The summed E-state index contributed by atoms with van der Waals surface area (Å²) in [4.78, 5) is 16.0. The summed E-state index contributed by atoms with van der Waals surface area (Å²) < 4.78 is 12.9. The van der Waals surface area contributed by atoms with Gasteiger partial charge in [0.05, 0.1) is 17.6 Å². The van der Waals surface area contributed by atoms with Gasteiger partial charge >= 0.3 is 6.09 Å². The van der Waals surface area contributed by atoms with Crippen LogP contribution in [0, 0.1) is 11.8 Å². The van der Waals surface area contributed by atoms with Gasteiger partial charge in [-0.05, 0) is 61.4 Å². The average Bonchev–Trinajstić information content (AvgIpc) is 3.23. The second-order valence-corrected chi connectivity index (χ2v) is 18.2. The Balaban J connectivity index is 1.63. The van der Waals surface area contributed by atoms with E-state index in [1.165, 1.54) is 36.1 Å². The van der Waals surface area contributed by atoms with Crippen LogP contribution < -0.4 is 15.7 Å². The van der Waals surface area contributed by atoms with E-state index in [1.54, 1.807) is 0 Å². The topological polar surface area (TPSA) is 50.8 Å². The van der Waals surface area contributed by atoms with Gasteiger partial charge < -0.3 is 19.4 Å². The molecule has 1 N–H and O–H groups in total. The first-order valence-electron chi connectivity index (χ1n) is 14.9. The maximum Gasteiger partial charge on any atom is 0.407 e. The summed E-state index contributed by atoms with van der Waals surface area (Å²) in [5.41, 5.74) is -0.526. The van der Waals surface area contributed by atoms with Gasteiger partial charge in [0.25, 0.3) is 8.32 Å². The second-order valence-electron chi connectivity index (χ2n) is 13.5. The summed E-state index contributed by atoms with van der Waals surface area (Å²) in [6, 6.07) is 21.7. The molecule has 5 nitrogen and oxygen atoms in total. The third-order valence-electron chi connectivity index (χ3n) is 8.44. The van der Waals surface area contributed by atoms with E-state index in [9.17, 15) is 4.79 Å². The van der Waals surface area contributed by atoms with E-state index in [4.69, 9.17) is 21.4 Å². The number of fused-ring (bicyclic) bond motifs is 1. The molecule has 1 saturated carbocycles. The fourth-order valence-corrected chi connectivity index (χ4v) is 11.7. The van der Waals surface area contributed by atoms with Crippen molar-refractivity contribution in [3.8, 4) is 0 Å². The minimum atomic E-state index is -2.70. The highest BCUT2D eigenvalue weighted by molar-refractivity contribution is 7.80. The Bertz CT molecular complexity index is 1090. The van der Waals surface area contributed by atoms with Crippen molar-refractivity contribution in [3.05, 3.63) is 60.7 Å². The molecule has 0 bridgehead atoms. The van der Waals surface area contributed by atoms with Crippen molar-refractivity contribution in [2.45, 2.75) is 90.3 Å². The van der Waals surface area contributed by atoms with E-state index in [0.29, 0.717) is 25.0 Å². The zero-order valence-corrected chi connectivity index (χ0v) is 27.1. The van der Waals surface area contributed by atoms with Crippen LogP contribution in [0.1, 0.15) is 73.6 Å². The first-order chi connectivity index (χ1) is 18.9. The maximum atomic E-state index is 12.5. The van der Waals surface area contributed by atoms with Gasteiger partial charge in [0.15, 0.2) is 0 Å². The molecule has 0 aromatic heterocycles. The van der Waals surface area contributed by atoms with Crippen LogP contribution in [0.25, 0.3) is 0 Å². The number of carbonyl (C=O) groups is 1. The molecule has 2 aromatic carbocycles. The molecule has 218 valence electrons. The van der Waals surface area contributed by atoms with Crippen LogP contribution in [-0.2, 0) is 9.16 Å². The molecule has 3 atom stereocenters. The van der Waals surface area contributed by atoms with Crippen LogP contribution in [0.2, 0.25) is 5.04 Å². The molecule has 7 heteroatoms. The van der Waals surface area contributed by atoms with Crippen LogP contribution in [0.4, 0.5) is 4.79 Å². The van der Waals surface area contributed by atoms with Gasteiger partial charge in [0.1, 0.15) is 5.60 Å². The average molecular weight is 581 g/mol. The van der Waals surface area contributed by atoms with Gasteiger partial charge in [-0.2, -0.15) is 0 Å². The minimum absolute atomic E-state index is 0.0784. The predicted octanol–water partition coefficient (Wildman–Crippen LogP) is 6.30. The van der Waals surface area contributed by atoms with Crippen molar-refractivity contribution in [1.29, 1.82) is 0 Å². The van der Waals surface area contributed by atoms with Gasteiger partial charge in [-0.1, -0.05) is 106 Å². The Hall–Kier alpha value is -2.22. The smallest absolute Gasteiger partial charge is 0.407 e. The molecular formula is C33H48N2O3SSi. The van der Waals surface area contributed by atoms with Gasteiger partial charge in [0.2, 0.25) is 0 Å². The highest BCUT2D eigenvalue weighted by Gasteiger charge is 2.51. The number of rotatable bonds is 9. The van der Waals surface area contributed by atoms with Crippen molar-refractivity contribution >= 4 is 42.0 Å². The number of thiocarbonyl (C=S) groups is 1. The zero-order valence-electron chi connectivity index (χ0n) is 25.2. The number of hydrogen-bond donors (Lipinski definition) is 1. The van der Waals surface area contributed by atoms with E-state index in [-0.39, 0.29) is 17.2 Å². The number of ether oxygens (including phenoxy) is 1. The van der Waals surface area contributed by atoms with E-state index < -0.39 is 13.9 Å². The monoisotopic (exact) mass is 580 g/mol. The molecule has 0 spiro atoms. The van der Waals surface area contributed by atoms with Crippen LogP contribution >= 0.6 is 12.2 Å². The normalized spacial score (nSPS) is 20.6. The van der Waals surface area contributed by atoms with E-state index in [2.05, 4.69) is 91.7 Å². The fourth-order valence-electron chi connectivity index (χ4n) is 6.60. The maximum absolute atomic E-state index is 12.5. The summed E-state index contributed by atoms with van der Waals surface area (Å²) >= 11 is 6.13. The number of hydrogen-bond acceptors (Lipinski definition) is 4. The number of alkyl carbamates (subject to hydrolysis) is 1. The molecule has 1 saturated heterocycles. The van der Waals surface area contributed by atoms with Gasteiger partial charge in [0, 0.05) is 19.0 Å². The predicted molar refractivity (Wildman–Crippen MR) is 171 cm³/mol. The largest absolute Gasteiger partial charge is 0.444 e. The summed E-state index contributed by atoms with van der Waals surface area (Å²) in [5.74, 6) is 1.13. The first kappa shape index (κ1) is 30.7. The summed E-state index contributed by atoms with van der Waals surface area (Å²) in [6.45, 7) is 14.7. The Labute approximate surface area is 248 Å². The molecule has 0 radical (unpaired) electrons. The fraction of sp³-hybridized carbons (Fsp3) is 0.576. The number of carbonyl (C=O) groups excluding carboxylic acids is 1. The summed E-state index contributed by atoms with van der Waals surface area (Å²) in [5, 5.41) is 5.43. The molecule has 1 aliphatic heterocycles. The van der Waals surface area contributed by atoms with Gasteiger partial charge in [-0.25, -0.2) is 4.79 Å². The van der Waals surface area contributed by atoms with Crippen molar-refractivity contribution < 1.29 is 14.0 Å². The molecule has 1 aliphatic carbocycles. The van der Waals surface area contributed by atoms with Crippen molar-refractivity contribution in [2.75, 3.05) is 19.7 Å². The zero-order chi connectivity index (χ0) is 29.0. The lowest BCUT2D eigenvalue weighted by molar-refractivity contribution is 0.0521. The Morgan fingerprint density at radius 1 is 0.975 bits per heavy atom. The van der Waals surface area contributed by atoms with E-state index >= 15 is 0 Å². The van der Waals surface area contributed by atoms with Crippen molar-refractivity contribution in [1.82, 2.24) is 10.2 Å². The lowest BCUT2D eigenvalue weighted by Gasteiger charge is -2.44. The molecule has 4 rings (SSSR count). The third kappa shape index (κ3) is 6.97. The number of amides is 1. The Kier molecular flexibility index (Phi) is 9.79. The van der Waals surface area contributed by atoms with Gasteiger partial charge in [-0.3, -0.25) is 0 Å². The number of likely N-dealkylation sites (tertiary alicyclic amines) is 1. The Morgan fingerprint density at radius 2 is 1.55 bits per heavy atom. The quantitative estimate of drug-likeness (QED) is 0.279.